The average Bonchev–Trinajstić information content (AvgIpc) is 3.05. The third-order valence-corrected chi connectivity index (χ3v) is 4.48. The molecule has 0 saturated heterocycles. The van der Waals surface area contributed by atoms with Gasteiger partial charge in [0.05, 0.1) is 20.4 Å². The van der Waals surface area contributed by atoms with Crippen LogP contribution in [0.1, 0.15) is 22.5 Å². The third kappa shape index (κ3) is 4.07. The number of methoxy groups -OCH3 is 2. The molecule has 0 spiro atoms. The highest BCUT2D eigenvalue weighted by molar-refractivity contribution is 7.71. The van der Waals surface area contributed by atoms with E-state index in [1.54, 1.807) is 20.4 Å². The summed E-state index contributed by atoms with van der Waals surface area (Å²) in [6.45, 7) is 4.24. The molecule has 1 N–H and O–H groups in total. The smallest absolute Gasteiger partial charge is 0.216 e. The molecular formula is C20H22N4O3S. The minimum absolute atomic E-state index is 0.228. The minimum Gasteiger partial charge on any atom is -0.493 e. The fourth-order valence-corrected chi connectivity index (χ4v) is 3.03. The van der Waals surface area contributed by atoms with Gasteiger partial charge in [-0.25, -0.2) is 5.10 Å². The van der Waals surface area contributed by atoms with Crippen molar-refractivity contribution in [3.8, 4) is 17.2 Å². The van der Waals surface area contributed by atoms with Crippen LogP contribution in [0.3, 0.4) is 0 Å². The molecule has 0 aliphatic heterocycles. The number of para-hydroxylation sites is 2. The first-order valence-electron chi connectivity index (χ1n) is 8.65. The van der Waals surface area contributed by atoms with Gasteiger partial charge in [0.25, 0.3) is 0 Å². The number of aromatic amines is 1. The number of hydrogen-bond acceptors (Lipinski definition) is 6. The van der Waals surface area contributed by atoms with Crippen LogP contribution in [0.15, 0.2) is 41.5 Å². The van der Waals surface area contributed by atoms with Crippen LogP contribution in [-0.4, -0.2) is 35.3 Å². The number of hydrogen-bond donors (Lipinski definition) is 1. The van der Waals surface area contributed by atoms with Crippen molar-refractivity contribution in [2.75, 3.05) is 14.2 Å². The van der Waals surface area contributed by atoms with Crippen molar-refractivity contribution in [1.29, 1.82) is 0 Å². The maximum absolute atomic E-state index is 5.97. The van der Waals surface area contributed by atoms with E-state index in [1.807, 2.05) is 50.2 Å². The largest absolute Gasteiger partial charge is 0.493 e. The molecule has 146 valence electrons. The Morgan fingerprint density at radius 3 is 2.46 bits per heavy atom. The van der Waals surface area contributed by atoms with Gasteiger partial charge in [-0.15, -0.1) is 0 Å². The summed E-state index contributed by atoms with van der Waals surface area (Å²) in [5, 5.41) is 11.4. The summed E-state index contributed by atoms with van der Waals surface area (Å²) in [4.78, 5) is 0. The number of aromatic nitrogens is 3. The minimum atomic E-state index is 0.228. The lowest BCUT2D eigenvalue weighted by molar-refractivity contribution is 0.287. The number of nitrogens with one attached hydrogen (secondary N) is 1. The molecule has 7 nitrogen and oxygen atoms in total. The second-order valence-corrected chi connectivity index (χ2v) is 6.48. The van der Waals surface area contributed by atoms with Gasteiger partial charge in [-0.2, -0.15) is 14.9 Å². The highest BCUT2D eigenvalue weighted by Gasteiger charge is 2.11. The van der Waals surface area contributed by atoms with E-state index in [9.17, 15) is 0 Å². The first kappa shape index (κ1) is 19.6. The molecular weight excluding hydrogens is 376 g/mol. The van der Waals surface area contributed by atoms with Crippen molar-refractivity contribution in [3.63, 3.8) is 0 Å². The quantitative estimate of drug-likeness (QED) is 0.480. The van der Waals surface area contributed by atoms with E-state index in [2.05, 4.69) is 15.3 Å². The van der Waals surface area contributed by atoms with Gasteiger partial charge in [-0.05, 0) is 49.3 Å². The summed E-state index contributed by atoms with van der Waals surface area (Å²) < 4.78 is 18.6. The van der Waals surface area contributed by atoms with E-state index in [-0.39, 0.29) is 6.61 Å². The van der Waals surface area contributed by atoms with Crippen LogP contribution in [-0.2, 0) is 6.61 Å². The van der Waals surface area contributed by atoms with Crippen molar-refractivity contribution in [2.24, 2.45) is 5.10 Å². The predicted octanol–water partition coefficient (Wildman–Crippen LogP) is 4.04. The van der Waals surface area contributed by atoms with Gasteiger partial charge >= 0.3 is 0 Å². The van der Waals surface area contributed by atoms with Gasteiger partial charge in [-0.3, -0.25) is 0 Å². The van der Waals surface area contributed by atoms with Crippen molar-refractivity contribution in [3.05, 3.63) is 63.7 Å². The zero-order valence-electron chi connectivity index (χ0n) is 16.2. The summed E-state index contributed by atoms with van der Waals surface area (Å²) in [7, 11) is 3.18. The number of H-pyrrole nitrogens is 1. The van der Waals surface area contributed by atoms with Gasteiger partial charge in [0.1, 0.15) is 12.4 Å². The molecule has 1 heterocycles. The summed E-state index contributed by atoms with van der Waals surface area (Å²) in [5.74, 6) is 2.62. The van der Waals surface area contributed by atoms with E-state index < -0.39 is 0 Å². The van der Waals surface area contributed by atoms with Crippen LogP contribution in [0, 0.1) is 18.6 Å². The highest BCUT2D eigenvalue weighted by Crippen LogP contribution is 2.29. The van der Waals surface area contributed by atoms with Gasteiger partial charge < -0.3 is 14.2 Å². The molecule has 1 aromatic heterocycles. The van der Waals surface area contributed by atoms with E-state index in [4.69, 9.17) is 26.4 Å². The fraction of sp³-hybridized carbons (Fsp3) is 0.250. The highest BCUT2D eigenvalue weighted by atomic mass is 32.1. The van der Waals surface area contributed by atoms with Gasteiger partial charge in [0.2, 0.25) is 4.77 Å². The number of nitrogens with zero attached hydrogens (tertiary/aromatic N) is 3. The first-order chi connectivity index (χ1) is 13.5. The van der Waals surface area contributed by atoms with Gasteiger partial charge in [0.15, 0.2) is 17.3 Å². The van der Waals surface area contributed by atoms with Gasteiger partial charge in [0, 0.05) is 5.56 Å². The van der Waals surface area contributed by atoms with E-state index in [0.29, 0.717) is 22.1 Å². The Hall–Kier alpha value is -3.13. The van der Waals surface area contributed by atoms with Crippen LogP contribution in [0.25, 0.3) is 0 Å². The van der Waals surface area contributed by atoms with Crippen molar-refractivity contribution < 1.29 is 14.2 Å². The Labute approximate surface area is 168 Å². The Balaban J connectivity index is 1.86. The van der Waals surface area contributed by atoms with Crippen molar-refractivity contribution in [1.82, 2.24) is 14.9 Å². The SMILES string of the molecule is COc1cccc(/C=N\n2c(COc3c(C)cccc3C)n[nH]c2=S)c1OC. The molecule has 0 saturated carbocycles. The Kier molecular flexibility index (Phi) is 6.10. The van der Waals surface area contributed by atoms with Crippen LogP contribution < -0.4 is 14.2 Å². The van der Waals surface area contributed by atoms with Crippen LogP contribution >= 0.6 is 12.2 Å². The second-order valence-electron chi connectivity index (χ2n) is 6.09. The lowest BCUT2D eigenvalue weighted by Crippen LogP contribution is -2.06. The molecule has 0 radical (unpaired) electrons. The fourth-order valence-electron chi connectivity index (χ4n) is 2.83. The molecule has 3 rings (SSSR count). The molecule has 3 aromatic rings. The monoisotopic (exact) mass is 398 g/mol. The van der Waals surface area contributed by atoms with Crippen LogP contribution in [0.4, 0.5) is 0 Å². The summed E-state index contributed by atoms with van der Waals surface area (Å²) in [6.07, 6.45) is 1.65. The topological polar surface area (TPSA) is 73.7 Å². The molecule has 8 heteroatoms. The summed E-state index contributed by atoms with van der Waals surface area (Å²) in [5.41, 5.74) is 2.88. The zero-order valence-corrected chi connectivity index (χ0v) is 17.0. The number of benzene rings is 2. The number of ether oxygens (including phenoxy) is 3. The van der Waals surface area contributed by atoms with Crippen LogP contribution in [0.2, 0.25) is 0 Å². The lowest BCUT2D eigenvalue weighted by atomic mass is 10.1. The maximum atomic E-state index is 5.97. The average molecular weight is 398 g/mol. The van der Waals surface area contributed by atoms with Crippen LogP contribution in [0.5, 0.6) is 17.2 Å². The van der Waals surface area contributed by atoms with Crippen molar-refractivity contribution in [2.45, 2.75) is 20.5 Å². The normalized spacial score (nSPS) is 11.0. The molecule has 28 heavy (non-hydrogen) atoms. The molecule has 0 atom stereocenters. The zero-order chi connectivity index (χ0) is 20.1. The molecule has 0 unspecified atom stereocenters. The molecule has 0 bridgehead atoms. The Bertz CT molecular complexity index is 1040. The molecule has 0 fully saturated rings. The summed E-state index contributed by atoms with van der Waals surface area (Å²) >= 11 is 5.30. The number of rotatable bonds is 7. The Morgan fingerprint density at radius 2 is 1.79 bits per heavy atom. The second kappa shape index (κ2) is 8.71. The van der Waals surface area contributed by atoms with E-state index >= 15 is 0 Å². The molecule has 2 aromatic carbocycles. The standard InChI is InChI=1S/C20H22N4O3S/c1-13-7-5-8-14(2)18(13)27-12-17-22-23-20(28)24(17)21-11-15-9-6-10-16(25-3)19(15)26-4/h5-11H,12H2,1-4H3,(H,23,28)/b21-11-. The maximum Gasteiger partial charge on any atom is 0.216 e. The molecule has 0 aliphatic carbocycles. The van der Waals surface area contributed by atoms with Gasteiger partial charge in [-0.1, -0.05) is 24.3 Å². The number of aryl methyl sites for hydroxylation is 2. The third-order valence-electron chi connectivity index (χ3n) is 4.22. The summed E-state index contributed by atoms with van der Waals surface area (Å²) in [6, 6.07) is 11.6. The van der Waals surface area contributed by atoms with E-state index in [1.165, 1.54) is 4.68 Å². The predicted molar refractivity (Wildman–Crippen MR) is 110 cm³/mol. The molecule has 0 aliphatic rings. The Morgan fingerprint density at radius 1 is 1.07 bits per heavy atom. The van der Waals surface area contributed by atoms with Crippen molar-refractivity contribution >= 4 is 18.4 Å². The lowest BCUT2D eigenvalue weighted by Gasteiger charge is -2.11. The first-order valence-corrected chi connectivity index (χ1v) is 9.06. The van der Waals surface area contributed by atoms with E-state index in [0.717, 1.165) is 22.4 Å². The molecule has 0 amide bonds.